The van der Waals surface area contributed by atoms with Crippen LogP contribution in [-0.4, -0.2) is 0 Å². The number of fused-ring (bicyclic) bond motifs is 3. The first-order valence-corrected chi connectivity index (χ1v) is 11.1. The van der Waals surface area contributed by atoms with Gasteiger partial charge in [-0.05, 0) is 61.9 Å². The largest absolute Gasteiger partial charge is 0.485 e. The summed E-state index contributed by atoms with van der Waals surface area (Å²) in [7, 11) is 0. The molecule has 32 heavy (non-hydrogen) atoms. The fourth-order valence-electron chi connectivity index (χ4n) is 4.24. The molecule has 0 radical (unpaired) electrons. The average molecular weight is 427 g/mol. The molecule has 0 unspecified atom stereocenters. The molecule has 0 fully saturated rings. The van der Waals surface area contributed by atoms with Crippen molar-refractivity contribution in [1.29, 1.82) is 0 Å². The minimum absolute atomic E-state index is 0.263. The molecule has 4 nitrogen and oxygen atoms in total. The Labute approximate surface area is 187 Å². The summed E-state index contributed by atoms with van der Waals surface area (Å²) >= 11 is 0. The topological polar surface area (TPSA) is 48.7 Å². The normalized spacial score (nSPS) is 12.7. The van der Waals surface area contributed by atoms with Gasteiger partial charge in [0.15, 0.2) is 11.3 Å². The highest BCUT2D eigenvalue weighted by atomic mass is 16.5. The summed E-state index contributed by atoms with van der Waals surface area (Å²) in [5, 5.41) is 0.943. The van der Waals surface area contributed by atoms with Crippen LogP contribution in [0.1, 0.15) is 39.8 Å². The van der Waals surface area contributed by atoms with Crippen molar-refractivity contribution in [3.05, 3.63) is 104 Å². The predicted molar refractivity (Wildman–Crippen MR) is 126 cm³/mol. The standard InChI is InChI=1S/C28H26O4/c1-18-6-10-20(11-7-18)16-30-25-15-14-23-22-4-3-5-24(22)28(29)32-26(23)27(25)31-17-21-12-8-19(2)9-13-21/h6-15H,3-5,16-17H2,1-2H3. The van der Waals surface area contributed by atoms with Crippen LogP contribution in [0.5, 0.6) is 11.5 Å². The molecule has 4 heteroatoms. The summed E-state index contributed by atoms with van der Waals surface area (Å²) in [5.74, 6) is 1.06. The second-order valence-electron chi connectivity index (χ2n) is 8.52. The molecule has 3 aromatic carbocycles. The molecule has 0 saturated heterocycles. The van der Waals surface area contributed by atoms with Crippen molar-refractivity contribution in [1.82, 2.24) is 0 Å². The Hall–Kier alpha value is -3.53. The Kier molecular flexibility index (Phi) is 5.44. The van der Waals surface area contributed by atoms with Gasteiger partial charge in [0.2, 0.25) is 5.75 Å². The number of aryl methyl sites for hydroxylation is 3. The molecule has 1 heterocycles. The second kappa shape index (κ2) is 8.54. The Balaban J connectivity index is 1.53. The molecule has 5 rings (SSSR count). The summed E-state index contributed by atoms with van der Waals surface area (Å²) < 4.78 is 18.2. The van der Waals surface area contributed by atoms with Gasteiger partial charge in [-0.2, -0.15) is 0 Å². The van der Waals surface area contributed by atoms with Gasteiger partial charge in [-0.15, -0.1) is 0 Å². The summed E-state index contributed by atoms with van der Waals surface area (Å²) in [4.78, 5) is 12.6. The summed E-state index contributed by atoms with van der Waals surface area (Å²) in [6.45, 7) is 4.88. The van der Waals surface area contributed by atoms with Crippen LogP contribution in [0.2, 0.25) is 0 Å². The molecule has 1 aliphatic carbocycles. The molecule has 0 bridgehead atoms. The van der Waals surface area contributed by atoms with Crippen molar-refractivity contribution in [2.24, 2.45) is 0 Å². The molecule has 162 valence electrons. The van der Waals surface area contributed by atoms with Gasteiger partial charge < -0.3 is 13.9 Å². The Morgan fingerprint density at radius 1 is 0.750 bits per heavy atom. The van der Waals surface area contributed by atoms with Gasteiger partial charge >= 0.3 is 5.63 Å². The molecule has 0 amide bonds. The number of rotatable bonds is 6. The summed E-state index contributed by atoms with van der Waals surface area (Å²) in [5.41, 5.74) is 6.61. The van der Waals surface area contributed by atoms with E-state index in [0.29, 0.717) is 30.3 Å². The molecule has 0 atom stereocenters. The average Bonchev–Trinajstić information content (AvgIpc) is 3.30. The first-order chi connectivity index (χ1) is 15.6. The van der Waals surface area contributed by atoms with Crippen molar-refractivity contribution in [3.63, 3.8) is 0 Å². The van der Waals surface area contributed by atoms with Crippen LogP contribution in [0.15, 0.2) is 69.9 Å². The van der Waals surface area contributed by atoms with Gasteiger partial charge in [0.1, 0.15) is 13.2 Å². The van der Waals surface area contributed by atoms with Crippen molar-refractivity contribution >= 4 is 11.0 Å². The summed E-state index contributed by atoms with van der Waals surface area (Å²) in [6.07, 6.45) is 2.64. The van der Waals surface area contributed by atoms with Crippen LogP contribution in [-0.2, 0) is 26.1 Å². The molecule has 0 saturated carbocycles. The lowest BCUT2D eigenvalue weighted by Crippen LogP contribution is -2.08. The van der Waals surface area contributed by atoms with Crippen molar-refractivity contribution in [2.45, 2.75) is 46.3 Å². The lowest BCUT2D eigenvalue weighted by atomic mass is 10.1. The predicted octanol–water partition coefficient (Wildman–Crippen LogP) is 6.06. The van der Waals surface area contributed by atoms with Gasteiger partial charge in [-0.3, -0.25) is 0 Å². The minimum Gasteiger partial charge on any atom is -0.485 e. The van der Waals surface area contributed by atoms with Crippen LogP contribution in [0, 0.1) is 13.8 Å². The first kappa shape index (κ1) is 20.4. The van der Waals surface area contributed by atoms with Crippen LogP contribution >= 0.6 is 0 Å². The van der Waals surface area contributed by atoms with Crippen molar-refractivity contribution in [3.8, 4) is 11.5 Å². The van der Waals surface area contributed by atoms with Crippen LogP contribution in [0.4, 0.5) is 0 Å². The Bertz CT molecular complexity index is 1320. The number of hydrogen-bond acceptors (Lipinski definition) is 4. The van der Waals surface area contributed by atoms with E-state index in [2.05, 4.69) is 50.2 Å². The third kappa shape index (κ3) is 4.01. The maximum absolute atomic E-state index is 12.6. The third-order valence-electron chi connectivity index (χ3n) is 6.08. The monoisotopic (exact) mass is 426 g/mol. The van der Waals surface area contributed by atoms with Gasteiger partial charge in [0, 0.05) is 10.9 Å². The zero-order valence-corrected chi connectivity index (χ0v) is 18.4. The van der Waals surface area contributed by atoms with E-state index in [1.807, 2.05) is 24.3 Å². The maximum atomic E-state index is 12.6. The molecular weight excluding hydrogens is 400 g/mol. The third-order valence-corrected chi connectivity index (χ3v) is 6.08. The molecule has 1 aromatic heterocycles. The highest BCUT2D eigenvalue weighted by Gasteiger charge is 2.23. The van der Waals surface area contributed by atoms with Crippen LogP contribution < -0.4 is 15.1 Å². The van der Waals surface area contributed by atoms with E-state index >= 15 is 0 Å². The van der Waals surface area contributed by atoms with E-state index in [9.17, 15) is 4.79 Å². The van der Waals surface area contributed by atoms with Crippen LogP contribution in [0.25, 0.3) is 11.0 Å². The first-order valence-electron chi connectivity index (χ1n) is 11.1. The summed E-state index contributed by atoms with van der Waals surface area (Å²) in [6, 6.07) is 20.4. The van der Waals surface area contributed by atoms with Gasteiger partial charge in [-0.1, -0.05) is 59.7 Å². The van der Waals surface area contributed by atoms with Crippen LogP contribution in [0.3, 0.4) is 0 Å². The van der Waals surface area contributed by atoms with E-state index < -0.39 is 0 Å². The quantitative estimate of drug-likeness (QED) is 0.352. The fraction of sp³-hybridized carbons (Fsp3) is 0.250. The zero-order chi connectivity index (χ0) is 22.1. The molecule has 0 aliphatic heterocycles. The van der Waals surface area contributed by atoms with Crippen molar-refractivity contribution < 1.29 is 13.9 Å². The molecule has 1 aliphatic rings. The van der Waals surface area contributed by atoms with Crippen molar-refractivity contribution in [2.75, 3.05) is 0 Å². The van der Waals surface area contributed by atoms with E-state index in [1.165, 1.54) is 11.1 Å². The fourth-order valence-corrected chi connectivity index (χ4v) is 4.24. The van der Waals surface area contributed by atoms with Gasteiger partial charge in [0.05, 0.1) is 0 Å². The zero-order valence-electron chi connectivity index (χ0n) is 18.4. The lowest BCUT2D eigenvalue weighted by Gasteiger charge is -2.16. The molecule has 0 spiro atoms. The highest BCUT2D eigenvalue weighted by molar-refractivity contribution is 5.89. The maximum Gasteiger partial charge on any atom is 0.339 e. The highest BCUT2D eigenvalue weighted by Crippen LogP contribution is 2.39. The number of benzene rings is 3. The molecular formula is C28H26O4. The van der Waals surface area contributed by atoms with E-state index in [4.69, 9.17) is 13.9 Å². The number of ether oxygens (including phenoxy) is 2. The Morgan fingerprint density at radius 3 is 2.00 bits per heavy atom. The Morgan fingerprint density at radius 2 is 1.34 bits per heavy atom. The smallest absolute Gasteiger partial charge is 0.339 e. The SMILES string of the molecule is Cc1ccc(COc2ccc3c4c(c(=O)oc3c2OCc2ccc(C)cc2)CCC4)cc1. The lowest BCUT2D eigenvalue weighted by molar-refractivity contribution is 0.255. The number of hydrogen-bond donors (Lipinski definition) is 0. The minimum atomic E-state index is -0.263. The van der Waals surface area contributed by atoms with E-state index in [-0.39, 0.29) is 5.63 Å². The van der Waals surface area contributed by atoms with E-state index in [1.54, 1.807) is 0 Å². The molecule has 4 aromatic rings. The van der Waals surface area contributed by atoms with E-state index in [0.717, 1.165) is 46.9 Å². The van der Waals surface area contributed by atoms with Gasteiger partial charge in [-0.25, -0.2) is 4.79 Å². The molecule has 0 N–H and O–H groups in total. The van der Waals surface area contributed by atoms with Gasteiger partial charge in [0.25, 0.3) is 0 Å². The second-order valence-corrected chi connectivity index (χ2v) is 8.52.